The monoisotopic (exact) mass is 264 g/mol. The summed E-state index contributed by atoms with van der Waals surface area (Å²) in [5.74, 6) is 1.48. The molecular formula is C16H24OS. The zero-order valence-corrected chi connectivity index (χ0v) is 12.4. The Labute approximate surface area is 115 Å². The van der Waals surface area contributed by atoms with Gasteiger partial charge in [-0.3, -0.25) is 0 Å². The number of hydrogen-bond acceptors (Lipinski definition) is 2. The van der Waals surface area contributed by atoms with Crippen LogP contribution in [0.1, 0.15) is 40.0 Å². The first-order chi connectivity index (χ1) is 8.49. The Morgan fingerprint density at radius 2 is 1.94 bits per heavy atom. The summed E-state index contributed by atoms with van der Waals surface area (Å²) in [6, 6.07) is 10.5. The van der Waals surface area contributed by atoms with Crippen molar-refractivity contribution in [2.45, 2.75) is 55.8 Å². The minimum Gasteiger partial charge on any atom is -0.389 e. The largest absolute Gasteiger partial charge is 0.389 e. The Kier molecular flexibility index (Phi) is 4.39. The van der Waals surface area contributed by atoms with Gasteiger partial charge in [-0.2, -0.15) is 0 Å². The lowest BCUT2D eigenvalue weighted by atomic mass is 9.75. The van der Waals surface area contributed by atoms with Crippen molar-refractivity contribution in [2.75, 3.05) is 0 Å². The highest BCUT2D eigenvalue weighted by Crippen LogP contribution is 2.43. The summed E-state index contributed by atoms with van der Waals surface area (Å²) in [5, 5.41) is 10.9. The number of aliphatic hydroxyl groups is 1. The van der Waals surface area contributed by atoms with Gasteiger partial charge in [-0.25, -0.2) is 0 Å². The lowest BCUT2D eigenvalue weighted by molar-refractivity contribution is 0.00843. The molecule has 0 radical (unpaired) electrons. The second kappa shape index (κ2) is 5.66. The average molecular weight is 264 g/mol. The van der Waals surface area contributed by atoms with E-state index in [4.69, 9.17) is 0 Å². The van der Waals surface area contributed by atoms with Gasteiger partial charge in [-0.05, 0) is 50.2 Å². The van der Waals surface area contributed by atoms with E-state index in [9.17, 15) is 5.11 Å². The fourth-order valence-electron chi connectivity index (χ4n) is 2.73. The van der Waals surface area contributed by atoms with Crippen molar-refractivity contribution in [3.8, 4) is 0 Å². The number of benzene rings is 1. The summed E-state index contributed by atoms with van der Waals surface area (Å²) in [6.07, 6.45) is 3.22. The van der Waals surface area contributed by atoms with Crippen LogP contribution in [0.25, 0.3) is 0 Å². The molecule has 1 aromatic carbocycles. The van der Waals surface area contributed by atoms with E-state index >= 15 is 0 Å². The summed E-state index contributed by atoms with van der Waals surface area (Å²) in [6.45, 7) is 6.61. The Balaban J connectivity index is 2.08. The Bertz CT molecular complexity index is 372. The number of rotatable bonds is 3. The summed E-state index contributed by atoms with van der Waals surface area (Å²) in [5.41, 5.74) is -0.522. The molecule has 0 spiro atoms. The molecule has 0 saturated heterocycles. The van der Waals surface area contributed by atoms with Crippen molar-refractivity contribution >= 4 is 11.8 Å². The predicted octanol–water partition coefficient (Wildman–Crippen LogP) is 4.35. The fraction of sp³-hybridized carbons (Fsp3) is 0.625. The standard InChI is InChI=1S/C16H24OS/c1-12(2)13-9-10-16(3,17)15(11-13)18-14-7-5-4-6-8-14/h4-8,12-13,15,17H,9-11H2,1-3H3/t13-,15?,16?/m1/s1. The van der Waals surface area contributed by atoms with Gasteiger partial charge in [-0.15, -0.1) is 11.8 Å². The van der Waals surface area contributed by atoms with Gasteiger partial charge in [0.15, 0.2) is 0 Å². The molecule has 1 aliphatic carbocycles. The summed E-state index contributed by atoms with van der Waals surface area (Å²) < 4.78 is 0. The molecule has 0 aromatic heterocycles. The van der Waals surface area contributed by atoms with Crippen molar-refractivity contribution in [3.05, 3.63) is 30.3 Å². The Hall–Kier alpha value is -0.470. The van der Waals surface area contributed by atoms with Crippen LogP contribution in [-0.4, -0.2) is 16.0 Å². The topological polar surface area (TPSA) is 20.2 Å². The molecule has 1 nitrogen and oxygen atoms in total. The van der Waals surface area contributed by atoms with Gasteiger partial charge in [0.25, 0.3) is 0 Å². The summed E-state index contributed by atoms with van der Waals surface area (Å²) >= 11 is 1.84. The van der Waals surface area contributed by atoms with Gasteiger partial charge in [-0.1, -0.05) is 32.0 Å². The van der Waals surface area contributed by atoms with Crippen molar-refractivity contribution in [2.24, 2.45) is 11.8 Å². The van der Waals surface area contributed by atoms with Crippen LogP contribution in [0.15, 0.2) is 35.2 Å². The van der Waals surface area contributed by atoms with E-state index < -0.39 is 5.60 Å². The molecule has 0 amide bonds. The smallest absolute Gasteiger partial charge is 0.0741 e. The van der Waals surface area contributed by atoms with E-state index in [0.29, 0.717) is 5.25 Å². The molecule has 1 aromatic rings. The third-order valence-corrected chi connectivity index (χ3v) is 5.73. The summed E-state index contributed by atoms with van der Waals surface area (Å²) in [4.78, 5) is 1.27. The van der Waals surface area contributed by atoms with Crippen LogP contribution in [0, 0.1) is 11.8 Å². The number of thioether (sulfide) groups is 1. The van der Waals surface area contributed by atoms with Gasteiger partial charge in [0.1, 0.15) is 0 Å². The van der Waals surface area contributed by atoms with Crippen molar-refractivity contribution in [1.82, 2.24) is 0 Å². The second-order valence-corrected chi connectivity index (χ2v) is 7.33. The lowest BCUT2D eigenvalue weighted by Crippen LogP contribution is -2.43. The second-order valence-electron chi connectivity index (χ2n) is 6.06. The summed E-state index contributed by atoms with van der Waals surface area (Å²) in [7, 11) is 0. The van der Waals surface area contributed by atoms with Crippen LogP contribution in [0.2, 0.25) is 0 Å². The molecule has 2 unspecified atom stereocenters. The SMILES string of the molecule is CC(C)[C@@H]1CCC(C)(O)C(Sc2ccccc2)C1. The average Bonchev–Trinajstić information content (AvgIpc) is 2.33. The highest BCUT2D eigenvalue weighted by molar-refractivity contribution is 8.00. The molecule has 0 heterocycles. The van der Waals surface area contributed by atoms with E-state index in [2.05, 4.69) is 38.1 Å². The maximum absolute atomic E-state index is 10.6. The Morgan fingerprint density at radius 3 is 2.56 bits per heavy atom. The van der Waals surface area contributed by atoms with E-state index in [1.165, 1.54) is 4.90 Å². The third kappa shape index (κ3) is 3.30. The van der Waals surface area contributed by atoms with Gasteiger partial charge in [0, 0.05) is 10.1 Å². The van der Waals surface area contributed by atoms with Crippen molar-refractivity contribution in [1.29, 1.82) is 0 Å². The molecule has 18 heavy (non-hydrogen) atoms. The molecule has 3 atom stereocenters. The first-order valence-electron chi connectivity index (χ1n) is 6.93. The maximum atomic E-state index is 10.6. The first-order valence-corrected chi connectivity index (χ1v) is 7.81. The van der Waals surface area contributed by atoms with E-state index in [-0.39, 0.29) is 0 Å². The van der Waals surface area contributed by atoms with E-state index in [1.807, 2.05) is 24.8 Å². The predicted molar refractivity (Wildman–Crippen MR) is 78.9 cm³/mol. The van der Waals surface area contributed by atoms with Gasteiger partial charge in [0.2, 0.25) is 0 Å². The molecule has 1 aliphatic rings. The van der Waals surface area contributed by atoms with Crippen LogP contribution < -0.4 is 0 Å². The normalized spacial score (nSPS) is 32.7. The van der Waals surface area contributed by atoms with Gasteiger partial charge in [0.05, 0.1) is 5.60 Å². The Morgan fingerprint density at radius 1 is 1.28 bits per heavy atom. The van der Waals surface area contributed by atoms with Crippen LogP contribution in [-0.2, 0) is 0 Å². The minimum absolute atomic E-state index is 0.320. The van der Waals surface area contributed by atoms with E-state index in [0.717, 1.165) is 31.1 Å². The van der Waals surface area contributed by atoms with Crippen LogP contribution in [0.4, 0.5) is 0 Å². The van der Waals surface area contributed by atoms with Crippen LogP contribution in [0.5, 0.6) is 0 Å². The zero-order chi connectivity index (χ0) is 13.2. The maximum Gasteiger partial charge on any atom is 0.0741 e. The molecular weight excluding hydrogens is 240 g/mol. The molecule has 0 aliphatic heterocycles. The third-order valence-electron chi connectivity index (χ3n) is 4.20. The molecule has 1 N–H and O–H groups in total. The first kappa shape index (κ1) is 14.0. The van der Waals surface area contributed by atoms with E-state index in [1.54, 1.807) is 0 Å². The van der Waals surface area contributed by atoms with Gasteiger partial charge < -0.3 is 5.11 Å². The molecule has 2 rings (SSSR count). The molecule has 1 saturated carbocycles. The lowest BCUT2D eigenvalue weighted by Gasteiger charge is -2.41. The fourth-order valence-corrected chi connectivity index (χ4v) is 4.09. The highest BCUT2D eigenvalue weighted by Gasteiger charge is 2.39. The zero-order valence-electron chi connectivity index (χ0n) is 11.6. The molecule has 100 valence electrons. The molecule has 1 fully saturated rings. The quantitative estimate of drug-likeness (QED) is 0.875. The molecule has 0 bridgehead atoms. The minimum atomic E-state index is -0.522. The van der Waals surface area contributed by atoms with Crippen molar-refractivity contribution in [3.63, 3.8) is 0 Å². The molecule has 2 heteroatoms. The van der Waals surface area contributed by atoms with Gasteiger partial charge >= 0.3 is 0 Å². The van der Waals surface area contributed by atoms with Crippen molar-refractivity contribution < 1.29 is 5.11 Å². The number of hydrogen-bond donors (Lipinski definition) is 1. The van der Waals surface area contributed by atoms with Crippen LogP contribution >= 0.6 is 11.8 Å². The van der Waals surface area contributed by atoms with Crippen LogP contribution in [0.3, 0.4) is 0 Å². The highest BCUT2D eigenvalue weighted by atomic mass is 32.2.